The molecule has 0 saturated carbocycles. The number of esters is 1. The molecule has 0 aromatic heterocycles. The summed E-state index contributed by atoms with van der Waals surface area (Å²) in [6.07, 6.45) is 1.43. The number of amides is 1. The summed E-state index contributed by atoms with van der Waals surface area (Å²) in [6, 6.07) is 13.3. The van der Waals surface area contributed by atoms with Crippen molar-refractivity contribution in [3.8, 4) is 5.75 Å². The second-order valence-electron chi connectivity index (χ2n) is 6.02. The van der Waals surface area contributed by atoms with Gasteiger partial charge in [0, 0.05) is 29.2 Å². The van der Waals surface area contributed by atoms with E-state index in [1.165, 1.54) is 0 Å². The summed E-state index contributed by atoms with van der Waals surface area (Å²) in [5.41, 5.74) is 1.22. The number of carbonyl (C=O) groups excluding carboxylic acids is 3. The number of Topliss-reactive ketones (excluding diaryl/α,β-unsaturated/α-hetero) is 1. The average Bonchev–Trinajstić information content (AvgIpc) is 3.11. The first-order valence-electron chi connectivity index (χ1n) is 8.50. The summed E-state index contributed by atoms with van der Waals surface area (Å²) in [5.74, 6) is -0.375. The van der Waals surface area contributed by atoms with Crippen molar-refractivity contribution >= 4 is 34.9 Å². The molecule has 1 aliphatic rings. The quantitative estimate of drug-likeness (QED) is 0.538. The Kier molecular flexibility index (Phi) is 6.08. The molecular weight excluding hydrogens is 370 g/mol. The van der Waals surface area contributed by atoms with Gasteiger partial charge in [-0.1, -0.05) is 11.6 Å². The molecule has 1 aliphatic heterocycles. The highest BCUT2D eigenvalue weighted by molar-refractivity contribution is 6.30. The Bertz CT molecular complexity index is 832. The number of halogens is 1. The van der Waals surface area contributed by atoms with Crippen LogP contribution in [0.25, 0.3) is 0 Å². The molecule has 27 heavy (non-hydrogen) atoms. The Labute approximate surface area is 161 Å². The smallest absolute Gasteiger partial charge is 0.344 e. The lowest BCUT2D eigenvalue weighted by Gasteiger charge is -2.16. The van der Waals surface area contributed by atoms with Crippen LogP contribution in [0.4, 0.5) is 5.69 Å². The lowest BCUT2D eigenvalue weighted by molar-refractivity contribution is -0.144. The molecule has 140 valence electrons. The predicted octanol–water partition coefficient (Wildman–Crippen LogP) is 3.27. The maximum absolute atomic E-state index is 11.9. The Morgan fingerprint density at radius 2 is 1.70 bits per heavy atom. The van der Waals surface area contributed by atoms with Gasteiger partial charge in [0.2, 0.25) is 5.91 Å². The number of nitrogens with zero attached hydrogens (tertiary/aromatic N) is 1. The number of carbonyl (C=O) groups is 3. The van der Waals surface area contributed by atoms with Crippen LogP contribution in [-0.4, -0.2) is 37.4 Å². The zero-order valence-electron chi connectivity index (χ0n) is 14.5. The van der Waals surface area contributed by atoms with Gasteiger partial charge in [-0.3, -0.25) is 9.59 Å². The first-order valence-corrected chi connectivity index (χ1v) is 8.88. The van der Waals surface area contributed by atoms with E-state index in [1.54, 1.807) is 53.4 Å². The molecular formula is C20H18ClNO5. The fraction of sp³-hybridized carbons (Fsp3) is 0.250. The van der Waals surface area contributed by atoms with Gasteiger partial charge in [0.15, 0.2) is 19.0 Å². The van der Waals surface area contributed by atoms with E-state index in [2.05, 4.69) is 0 Å². The molecule has 1 heterocycles. The maximum Gasteiger partial charge on any atom is 0.344 e. The van der Waals surface area contributed by atoms with E-state index in [0.717, 1.165) is 12.1 Å². The molecule has 0 atom stereocenters. The Hall–Kier alpha value is -2.86. The van der Waals surface area contributed by atoms with Crippen LogP contribution in [0.3, 0.4) is 0 Å². The van der Waals surface area contributed by atoms with Crippen LogP contribution >= 0.6 is 11.6 Å². The van der Waals surface area contributed by atoms with Crippen LogP contribution in [0.5, 0.6) is 5.75 Å². The van der Waals surface area contributed by atoms with Crippen LogP contribution in [0.2, 0.25) is 5.02 Å². The van der Waals surface area contributed by atoms with Crippen LogP contribution in [0, 0.1) is 0 Å². The van der Waals surface area contributed by atoms with Crippen molar-refractivity contribution < 1.29 is 23.9 Å². The number of anilines is 1. The lowest BCUT2D eigenvalue weighted by atomic mass is 10.1. The van der Waals surface area contributed by atoms with E-state index in [1.807, 2.05) is 0 Å². The second-order valence-corrected chi connectivity index (χ2v) is 6.46. The monoisotopic (exact) mass is 387 g/mol. The Morgan fingerprint density at radius 3 is 2.33 bits per heavy atom. The fourth-order valence-corrected chi connectivity index (χ4v) is 2.82. The third-order valence-corrected chi connectivity index (χ3v) is 4.36. The minimum Gasteiger partial charge on any atom is -0.482 e. The van der Waals surface area contributed by atoms with Gasteiger partial charge < -0.3 is 14.4 Å². The molecule has 0 spiro atoms. The zero-order chi connectivity index (χ0) is 19.2. The summed E-state index contributed by atoms with van der Waals surface area (Å²) in [4.78, 5) is 37.1. The normalized spacial score (nSPS) is 13.5. The van der Waals surface area contributed by atoms with Crippen molar-refractivity contribution in [1.82, 2.24) is 0 Å². The van der Waals surface area contributed by atoms with E-state index >= 15 is 0 Å². The summed E-state index contributed by atoms with van der Waals surface area (Å²) in [6.45, 7) is 0.0444. The van der Waals surface area contributed by atoms with Crippen molar-refractivity contribution in [2.24, 2.45) is 0 Å². The molecule has 2 aromatic carbocycles. The predicted molar refractivity (Wildman–Crippen MR) is 100 cm³/mol. The van der Waals surface area contributed by atoms with Crippen LogP contribution in [0.1, 0.15) is 23.2 Å². The van der Waals surface area contributed by atoms with Gasteiger partial charge >= 0.3 is 5.97 Å². The molecule has 2 aromatic rings. The van der Waals surface area contributed by atoms with Gasteiger partial charge in [0.1, 0.15) is 5.75 Å². The number of hydrogen-bond acceptors (Lipinski definition) is 5. The van der Waals surface area contributed by atoms with Gasteiger partial charge in [-0.25, -0.2) is 4.79 Å². The number of ether oxygens (including phenoxy) is 2. The number of ketones is 1. The lowest BCUT2D eigenvalue weighted by Crippen LogP contribution is -2.23. The topological polar surface area (TPSA) is 72.9 Å². The highest BCUT2D eigenvalue weighted by atomic mass is 35.5. The molecule has 0 unspecified atom stereocenters. The molecule has 1 amide bonds. The number of benzene rings is 2. The Morgan fingerprint density at radius 1 is 1.00 bits per heavy atom. The molecule has 0 aliphatic carbocycles. The maximum atomic E-state index is 11.9. The van der Waals surface area contributed by atoms with Gasteiger partial charge in [0.25, 0.3) is 0 Å². The highest BCUT2D eigenvalue weighted by Gasteiger charge is 2.21. The van der Waals surface area contributed by atoms with E-state index in [9.17, 15) is 14.4 Å². The molecule has 0 N–H and O–H groups in total. The highest BCUT2D eigenvalue weighted by Crippen LogP contribution is 2.23. The Balaban J connectivity index is 1.44. The van der Waals surface area contributed by atoms with Crippen LogP contribution in [0.15, 0.2) is 48.5 Å². The van der Waals surface area contributed by atoms with Crippen molar-refractivity contribution in [3.63, 3.8) is 0 Å². The summed E-state index contributed by atoms with van der Waals surface area (Å²) < 4.78 is 10.3. The van der Waals surface area contributed by atoms with Gasteiger partial charge in [0.05, 0.1) is 0 Å². The van der Waals surface area contributed by atoms with E-state index in [-0.39, 0.29) is 24.9 Å². The first-order chi connectivity index (χ1) is 13.0. The van der Waals surface area contributed by atoms with Gasteiger partial charge in [-0.05, 0) is 55.0 Å². The third-order valence-electron chi connectivity index (χ3n) is 4.11. The molecule has 0 radical (unpaired) electrons. The second kappa shape index (κ2) is 8.68. The molecule has 6 nitrogen and oxygen atoms in total. The van der Waals surface area contributed by atoms with Gasteiger partial charge in [-0.15, -0.1) is 0 Å². The average molecular weight is 388 g/mol. The third kappa shape index (κ3) is 5.08. The fourth-order valence-electron chi connectivity index (χ4n) is 2.69. The summed E-state index contributed by atoms with van der Waals surface area (Å²) in [7, 11) is 0. The summed E-state index contributed by atoms with van der Waals surface area (Å²) in [5, 5.41) is 0.525. The van der Waals surface area contributed by atoms with Crippen molar-refractivity contribution in [1.29, 1.82) is 0 Å². The van der Waals surface area contributed by atoms with Crippen molar-refractivity contribution in [2.75, 3.05) is 24.7 Å². The standard InChI is InChI=1S/C20H18ClNO5/c21-15-5-3-14(4-6-15)18(23)12-27-20(25)13-26-17-9-7-16(8-10-17)22-11-1-2-19(22)24/h3-10H,1-2,11-13H2. The van der Waals surface area contributed by atoms with E-state index in [0.29, 0.717) is 29.3 Å². The molecule has 1 fully saturated rings. The summed E-state index contributed by atoms with van der Waals surface area (Å²) >= 11 is 5.76. The molecule has 0 bridgehead atoms. The minimum absolute atomic E-state index is 0.109. The minimum atomic E-state index is -0.642. The van der Waals surface area contributed by atoms with E-state index in [4.69, 9.17) is 21.1 Å². The zero-order valence-corrected chi connectivity index (χ0v) is 15.3. The largest absolute Gasteiger partial charge is 0.482 e. The van der Waals surface area contributed by atoms with Crippen LogP contribution in [-0.2, 0) is 14.3 Å². The van der Waals surface area contributed by atoms with E-state index < -0.39 is 5.97 Å². The molecule has 3 rings (SSSR count). The van der Waals surface area contributed by atoms with Gasteiger partial charge in [-0.2, -0.15) is 0 Å². The first kappa shape index (κ1) is 18.9. The SMILES string of the molecule is O=C(COc1ccc(N2CCCC2=O)cc1)OCC(=O)c1ccc(Cl)cc1. The van der Waals surface area contributed by atoms with Crippen molar-refractivity contribution in [2.45, 2.75) is 12.8 Å². The number of hydrogen-bond donors (Lipinski definition) is 0. The van der Waals surface area contributed by atoms with Crippen LogP contribution < -0.4 is 9.64 Å². The molecule has 1 saturated heterocycles. The van der Waals surface area contributed by atoms with Crippen molar-refractivity contribution in [3.05, 3.63) is 59.1 Å². The molecule has 7 heteroatoms. The number of rotatable bonds is 7.